The van der Waals surface area contributed by atoms with Gasteiger partial charge in [-0.1, -0.05) is 19.9 Å². The third kappa shape index (κ3) is 1.20. The largest absolute Gasteiger partial charge is 0.360 e. The zero-order valence-corrected chi connectivity index (χ0v) is 7.33. The number of aromatic amines is 1. The van der Waals surface area contributed by atoms with Crippen molar-refractivity contribution in [2.24, 2.45) is 10.4 Å². The molecule has 0 saturated heterocycles. The summed E-state index contributed by atoms with van der Waals surface area (Å²) in [5.41, 5.74) is 0.0595. The maximum absolute atomic E-state index is 4.22. The van der Waals surface area contributed by atoms with Crippen molar-refractivity contribution in [3.8, 4) is 0 Å². The van der Waals surface area contributed by atoms with E-state index in [-0.39, 0.29) is 5.41 Å². The standard InChI is InChI=1S/C10H12N2/c1-10(2)5-8-3-4-12-9(8)6-11-7-10/h3-7,12H,1-2H3. The van der Waals surface area contributed by atoms with E-state index in [0.29, 0.717) is 0 Å². The summed E-state index contributed by atoms with van der Waals surface area (Å²) in [6.45, 7) is 4.29. The molecule has 0 bridgehead atoms. The number of aliphatic imine (C=N–C) groups is 1. The third-order valence-electron chi connectivity index (χ3n) is 1.95. The van der Waals surface area contributed by atoms with Crippen molar-refractivity contribution in [3.63, 3.8) is 0 Å². The van der Waals surface area contributed by atoms with E-state index in [1.807, 2.05) is 18.6 Å². The first kappa shape index (κ1) is 7.35. The predicted octanol–water partition coefficient (Wildman–Crippen LogP) is 0.644. The van der Waals surface area contributed by atoms with Crippen molar-refractivity contribution in [2.45, 2.75) is 13.8 Å². The smallest absolute Gasteiger partial charge is 0.0636 e. The van der Waals surface area contributed by atoms with Gasteiger partial charge in [-0.15, -0.1) is 0 Å². The summed E-state index contributed by atoms with van der Waals surface area (Å²) in [4.78, 5) is 7.36. The van der Waals surface area contributed by atoms with Gasteiger partial charge < -0.3 is 4.98 Å². The molecule has 0 atom stereocenters. The van der Waals surface area contributed by atoms with Crippen LogP contribution in [0.3, 0.4) is 0 Å². The summed E-state index contributed by atoms with van der Waals surface area (Å²) in [6.07, 6.45) is 7.97. The molecule has 0 aromatic carbocycles. The highest BCUT2D eigenvalue weighted by Gasteiger charge is 2.11. The Hall–Kier alpha value is -1.31. The fourth-order valence-electron chi connectivity index (χ4n) is 1.37. The minimum Gasteiger partial charge on any atom is -0.360 e. The van der Waals surface area contributed by atoms with Gasteiger partial charge in [-0.05, 0) is 11.3 Å². The summed E-state index contributed by atoms with van der Waals surface area (Å²) in [6, 6.07) is 2.07. The number of nitrogens with one attached hydrogen (secondary N) is 1. The zero-order chi connectivity index (χ0) is 8.60. The number of fused-ring (bicyclic) bond motifs is 1. The van der Waals surface area contributed by atoms with Crippen LogP contribution in [0.1, 0.15) is 13.8 Å². The van der Waals surface area contributed by atoms with Crippen molar-refractivity contribution < 1.29 is 0 Å². The number of hydrogen-bond acceptors (Lipinski definition) is 1. The highest BCUT2D eigenvalue weighted by Crippen LogP contribution is 2.13. The van der Waals surface area contributed by atoms with E-state index in [0.717, 1.165) is 5.35 Å². The van der Waals surface area contributed by atoms with Crippen molar-refractivity contribution in [1.82, 2.24) is 4.98 Å². The molecule has 12 heavy (non-hydrogen) atoms. The van der Waals surface area contributed by atoms with Crippen molar-refractivity contribution in [1.29, 1.82) is 0 Å². The van der Waals surface area contributed by atoms with E-state index in [1.54, 1.807) is 0 Å². The van der Waals surface area contributed by atoms with Gasteiger partial charge in [-0.2, -0.15) is 0 Å². The molecule has 0 spiro atoms. The molecule has 1 N–H and O–H groups in total. The predicted molar refractivity (Wildman–Crippen MR) is 51.2 cm³/mol. The first-order chi connectivity index (χ1) is 5.67. The van der Waals surface area contributed by atoms with Gasteiger partial charge in [-0.3, -0.25) is 4.99 Å². The monoisotopic (exact) mass is 160 g/mol. The number of hydrogen-bond donors (Lipinski definition) is 1. The average molecular weight is 160 g/mol. The summed E-state index contributed by atoms with van der Waals surface area (Å²) in [7, 11) is 0. The Morgan fingerprint density at radius 1 is 1.42 bits per heavy atom. The van der Waals surface area contributed by atoms with E-state index in [4.69, 9.17) is 0 Å². The molecule has 62 valence electrons. The zero-order valence-electron chi connectivity index (χ0n) is 7.33. The van der Waals surface area contributed by atoms with Crippen molar-refractivity contribution in [2.75, 3.05) is 0 Å². The molecule has 2 nitrogen and oxygen atoms in total. The van der Waals surface area contributed by atoms with E-state index >= 15 is 0 Å². The van der Waals surface area contributed by atoms with Gasteiger partial charge in [0, 0.05) is 17.8 Å². The normalized spacial score (nSPS) is 18.8. The Kier molecular flexibility index (Phi) is 1.43. The van der Waals surface area contributed by atoms with Crippen LogP contribution < -0.4 is 10.6 Å². The van der Waals surface area contributed by atoms with E-state index in [9.17, 15) is 0 Å². The van der Waals surface area contributed by atoms with Crippen LogP contribution in [0.2, 0.25) is 0 Å². The van der Waals surface area contributed by atoms with Gasteiger partial charge in [0.1, 0.15) is 0 Å². The molecular weight excluding hydrogens is 148 g/mol. The summed E-state index contributed by atoms with van der Waals surface area (Å²) in [5.74, 6) is 0. The Bertz CT molecular complexity index is 421. The molecule has 2 heterocycles. The Labute approximate surface area is 71.3 Å². The molecule has 0 unspecified atom stereocenters. The first-order valence-electron chi connectivity index (χ1n) is 4.08. The highest BCUT2D eigenvalue weighted by atomic mass is 14.7. The van der Waals surface area contributed by atoms with Crippen LogP contribution in [-0.4, -0.2) is 11.2 Å². The quantitative estimate of drug-likeness (QED) is 0.577. The second-order valence-corrected chi connectivity index (χ2v) is 3.72. The number of nitrogens with zero attached hydrogens (tertiary/aromatic N) is 1. The summed E-state index contributed by atoms with van der Waals surface area (Å²) in [5, 5.41) is 2.33. The van der Waals surface area contributed by atoms with Crippen LogP contribution in [-0.2, 0) is 0 Å². The Morgan fingerprint density at radius 3 is 3.08 bits per heavy atom. The lowest BCUT2D eigenvalue weighted by Gasteiger charge is -2.10. The molecule has 0 aliphatic carbocycles. The van der Waals surface area contributed by atoms with E-state index in [1.165, 1.54) is 5.22 Å². The van der Waals surface area contributed by atoms with Gasteiger partial charge in [0.15, 0.2) is 0 Å². The molecule has 2 rings (SSSR count). The average Bonchev–Trinajstić information content (AvgIpc) is 2.31. The Morgan fingerprint density at radius 2 is 2.25 bits per heavy atom. The lowest BCUT2D eigenvalue weighted by Crippen LogP contribution is -2.23. The van der Waals surface area contributed by atoms with Gasteiger partial charge >= 0.3 is 0 Å². The first-order valence-corrected chi connectivity index (χ1v) is 4.08. The topological polar surface area (TPSA) is 28.1 Å². The molecule has 1 aromatic rings. The van der Waals surface area contributed by atoms with Crippen LogP contribution in [0.4, 0.5) is 0 Å². The molecule has 0 radical (unpaired) electrons. The minimum absolute atomic E-state index is 0.0595. The van der Waals surface area contributed by atoms with Crippen LogP contribution in [0.15, 0.2) is 17.3 Å². The van der Waals surface area contributed by atoms with Gasteiger partial charge in [-0.25, -0.2) is 0 Å². The second kappa shape index (κ2) is 2.34. The molecule has 0 saturated carbocycles. The lowest BCUT2D eigenvalue weighted by atomic mass is 9.94. The molecule has 1 aliphatic heterocycles. The maximum atomic E-state index is 4.22. The molecule has 1 aliphatic rings. The minimum atomic E-state index is 0.0595. The molecule has 0 amide bonds. The fraction of sp³-hybridized carbons (Fsp3) is 0.300. The van der Waals surface area contributed by atoms with Crippen molar-refractivity contribution >= 4 is 18.5 Å². The number of H-pyrrole nitrogens is 1. The highest BCUT2D eigenvalue weighted by molar-refractivity contribution is 5.76. The van der Waals surface area contributed by atoms with E-state index < -0.39 is 0 Å². The SMILES string of the molecule is CC1(C)C=NC=c2[nH]ccc2=C1. The van der Waals surface area contributed by atoms with Crippen LogP contribution in [0.25, 0.3) is 12.3 Å². The maximum Gasteiger partial charge on any atom is 0.0636 e. The molecule has 1 aromatic heterocycles. The fourth-order valence-corrected chi connectivity index (χ4v) is 1.37. The molecule has 0 fully saturated rings. The van der Waals surface area contributed by atoms with Crippen LogP contribution >= 0.6 is 0 Å². The van der Waals surface area contributed by atoms with E-state index in [2.05, 4.69) is 36.0 Å². The second-order valence-electron chi connectivity index (χ2n) is 3.72. The van der Waals surface area contributed by atoms with Gasteiger partial charge in [0.2, 0.25) is 0 Å². The molecule has 2 heteroatoms. The number of aromatic nitrogens is 1. The van der Waals surface area contributed by atoms with Crippen LogP contribution in [0.5, 0.6) is 0 Å². The third-order valence-corrected chi connectivity index (χ3v) is 1.95. The molecular formula is C10H12N2. The van der Waals surface area contributed by atoms with Crippen LogP contribution in [0, 0.1) is 5.41 Å². The summed E-state index contributed by atoms with van der Waals surface area (Å²) >= 11 is 0. The van der Waals surface area contributed by atoms with Gasteiger partial charge in [0.05, 0.1) is 11.5 Å². The van der Waals surface area contributed by atoms with Gasteiger partial charge in [0.25, 0.3) is 0 Å². The summed E-state index contributed by atoms with van der Waals surface area (Å²) < 4.78 is 0. The Balaban J connectivity index is 2.75. The lowest BCUT2D eigenvalue weighted by molar-refractivity contribution is 0.741. The number of rotatable bonds is 0. The van der Waals surface area contributed by atoms with Crippen molar-refractivity contribution in [3.05, 3.63) is 22.8 Å².